The molecule has 1 aromatic rings. The van der Waals surface area contributed by atoms with E-state index in [4.69, 9.17) is 5.73 Å². The molecule has 0 aromatic heterocycles. The lowest BCUT2D eigenvalue weighted by molar-refractivity contribution is 0.248. The van der Waals surface area contributed by atoms with E-state index in [0.29, 0.717) is 11.6 Å². The van der Waals surface area contributed by atoms with E-state index in [9.17, 15) is 4.79 Å². The number of nitrogens with two attached hydrogens (primary N) is 1. The molecule has 1 aromatic carbocycles. The Morgan fingerprint density at radius 3 is 2.89 bits per heavy atom. The summed E-state index contributed by atoms with van der Waals surface area (Å²) in [4.78, 5) is 16.2. The number of nitrogens with one attached hydrogen (secondary N) is 1. The zero-order valence-corrected chi connectivity index (χ0v) is 11.2. The number of anilines is 2. The maximum atomic E-state index is 12.1. The molecule has 3 N–H and O–H groups in total. The second kappa shape index (κ2) is 4.74. The quantitative estimate of drug-likeness (QED) is 0.783. The first kappa shape index (κ1) is 12.3. The first-order valence-corrected chi connectivity index (χ1v) is 6.75. The van der Waals surface area contributed by atoms with E-state index in [-0.39, 0.29) is 12.1 Å². The standard InChI is InChI=1S/C14H20N4O/c1-17-6-5-10(8-17)13-9-18(14(19)16-13)12-4-2-3-11(15)7-12/h2-4,7,10,13H,5-6,8-9,15H2,1H3,(H,16,19). The first-order valence-electron chi connectivity index (χ1n) is 6.75. The molecule has 2 fully saturated rings. The van der Waals surface area contributed by atoms with Crippen molar-refractivity contribution in [2.75, 3.05) is 37.3 Å². The zero-order chi connectivity index (χ0) is 13.4. The van der Waals surface area contributed by atoms with E-state index >= 15 is 0 Å². The number of benzene rings is 1. The highest BCUT2D eigenvalue weighted by Crippen LogP contribution is 2.26. The van der Waals surface area contributed by atoms with Gasteiger partial charge in [0.25, 0.3) is 0 Å². The summed E-state index contributed by atoms with van der Waals surface area (Å²) < 4.78 is 0. The van der Waals surface area contributed by atoms with Crippen LogP contribution in [0.1, 0.15) is 6.42 Å². The molecule has 0 radical (unpaired) electrons. The monoisotopic (exact) mass is 260 g/mol. The lowest BCUT2D eigenvalue weighted by Crippen LogP contribution is -2.35. The highest BCUT2D eigenvalue weighted by atomic mass is 16.2. The van der Waals surface area contributed by atoms with Crippen molar-refractivity contribution >= 4 is 17.4 Å². The van der Waals surface area contributed by atoms with E-state index in [1.165, 1.54) is 0 Å². The fraction of sp³-hybridized carbons (Fsp3) is 0.500. The maximum absolute atomic E-state index is 12.1. The van der Waals surface area contributed by atoms with Gasteiger partial charge in [-0.1, -0.05) is 6.07 Å². The Hall–Kier alpha value is -1.75. The molecular formula is C14H20N4O. The predicted molar refractivity (Wildman–Crippen MR) is 76.1 cm³/mol. The van der Waals surface area contributed by atoms with Crippen molar-refractivity contribution < 1.29 is 4.79 Å². The van der Waals surface area contributed by atoms with Crippen molar-refractivity contribution in [1.82, 2.24) is 10.2 Å². The van der Waals surface area contributed by atoms with Crippen molar-refractivity contribution in [3.8, 4) is 0 Å². The zero-order valence-electron chi connectivity index (χ0n) is 11.2. The Kier molecular flexibility index (Phi) is 3.06. The van der Waals surface area contributed by atoms with Crippen LogP contribution < -0.4 is 16.0 Å². The van der Waals surface area contributed by atoms with Crippen LogP contribution in [0.25, 0.3) is 0 Å². The van der Waals surface area contributed by atoms with Crippen LogP contribution in [0, 0.1) is 5.92 Å². The van der Waals surface area contributed by atoms with Gasteiger partial charge in [-0.25, -0.2) is 4.79 Å². The topological polar surface area (TPSA) is 61.6 Å². The van der Waals surface area contributed by atoms with Gasteiger partial charge in [-0.2, -0.15) is 0 Å². The molecule has 0 spiro atoms. The average Bonchev–Trinajstić information content (AvgIpc) is 2.95. The number of carbonyl (C=O) groups excluding carboxylic acids is 1. The van der Waals surface area contributed by atoms with Gasteiger partial charge in [0, 0.05) is 24.5 Å². The van der Waals surface area contributed by atoms with E-state index in [0.717, 1.165) is 31.7 Å². The third-order valence-corrected chi connectivity index (χ3v) is 4.11. The van der Waals surface area contributed by atoms with Gasteiger partial charge in [0.1, 0.15) is 0 Å². The van der Waals surface area contributed by atoms with Crippen molar-refractivity contribution in [3.05, 3.63) is 24.3 Å². The minimum absolute atomic E-state index is 0.00912. The van der Waals surface area contributed by atoms with Crippen LogP contribution in [0.15, 0.2) is 24.3 Å². The molecule has 2 unspecified atom stereocenters. The van der Waals surface area contributed by atoms with Gasteiger partial charge in [-0.05, 0) is 44.1 Å². The first-order chi connectivity index (χ1) is 9.13. The normalized spacial score (nSPS) is 27.8. The Labute approximate surface area is 113 Å². The van der Waals surface area contributed by atoms with Crippen LogP contribution in [0.3, 0.4) is 0 Å². The van der Waals surface area contributed by atoms with Crippen LogP contribution >= 0.6 is 0 Å². The van der Waals surface area contributed by atoms with Crippen LogP contribution in [-0.2, 0) is 0 Å². The van der Waals surface area contributed by atoms with Gasteiger partial charge < -0.3 is 16.0 Å². The molecule has 102 valence electrons. The summed E-state index contributed by atoms with van der Waals surface area (Å²) in [5.41, 5.74) is 7.35. The molecule has 2 saturated heterocycles. The molecule has 0 bridgehead atoms. The van der Waals surface area contributed by atoms with Gasteiger partial charge in [-0.3, -0.25) is 4.90 Å². The molecule has 2 atom stereocenters. The van der Waals surface area contributed by atoms with Crippen LogP contribution in [0.2, 0.25) is 0 Å². The van der Waals surface area contributed by atoms with Gasteiger partial charge >= 0.3 is 6.03 Å². The Morgan fingerprint density at radius 1 is 1.37 bits per heavy atom. The number of nitrogens with zero attached hydrogens (tertiary/aromatic N) is 2. The molecule has 2 amide bonds. The lowest BCUT2D eigenvalue weighted by atomic mass is 10.00. The highest BCUT2D eigenvalue weighted by Gasteiger charge is 2.37. The minimum Gasteiger partial charge on any atom is -0.399 e. The van der Waals surface area contributed by atoms with E-state index in [2.05, 4.69) is 17.3 Å². The number of amides is 2. The van der Waals surface area contributed by atoms with Crippen LogP contribution in [0.4, 0.5) is 16.2 Å². The van der Waals surface area contributed by atoms with E-state index in [1.54, 1.807) is 4.90 Å². The average molecular weight is 260 g/mol. The maximum Gasteiger partial charge on any atom is 0.322 e. The highest BCUT2D eigenvalue weighted by molar-refractivity contribution is 5.95. The minimum atomic E-state index is -0.00912. The summed E-state index contributed by atoms with van der Waals surface area (Å²) in [5.74, 6) is 0.556. The van der Waals surface area contributed by atoms with Crippen LogP contribution in [0.5, 0.6) is 0 Å². The molecule has 2 aliphatic rings. The molecule has 19 heavy (non-hydrogen) atoms. The van der Waals surface area contributed by atoms with Crippen molar-refractivity contribution in [3.63, 3.8) is 0 Å². The number of likely N-dealkylation sites (tertiary alicyclic amines) is 1. The summed E-state index contributed by atoms with van der Waals surface area (Å²) in [6.45, 7) is 2.92. The second-order valence-corrected chi connectivity index (χ2v) is 5.57. The van der Waals surface area contributed by atoms with Gasteiger partial charge in [0.2, 0.25) is 0 Å². The lowest BCUT2D eigenvalue weighted by Gasteiger charge is -2.18. The van der Waals surface area contributed by atoms with Crippen molar-refractivity contribution in [1.29, 1.82) is 0 Å². The number of urea groups is 1. The molecule has 5 nitrogen and oxygen atoms in total. The van der Waals surface area contributed by atoms with Crippen LogP contribution in [-0.4, -0.2) is 43.7 Å². The number of hydrogen-bond acceptors (Lipinski definition) is 3. The summed E-state index contributed by atoms with van der Waals surface area (Å²) in [6.07, 6.45) is 1.16. The van der Waals surface area contributed by atoms with Gasteiger partial charge in [-0.15, -0.1) is 0 Å². The SMILES string of the molecule is CN1CCC(C2CN(c3cccc(N)c3)C(=O)N2)C1. The molecule has 0 saturated carbocycles. The van der Waals surface area contributed by atoms with Gasteiger partial charge in [0.15, 0.2) is 0 Å². The number of carbonyl (C=O) groups is 1. The largest absolute Gasteiger partial charge is 0.399 e. The summed E-state index contributed by atoms with van der Waals surface area (Å²) in [6, 6.07) is 7.74. The third-order valence-electron chi connectivity index (χ3n) is 4.11. The summed E-state index contributed by atoms with van der Waals surface area (Å²) in [5, 5.41) is 3.10. The third kappa shape index (κ3) is 2.38. The molecular weight excluding hydrogens is 240 g/mol. The second-order valence-electron chi connectivity index (χ2n) is 5.57. The van der Waals surface area contributed by atoms with E-state index < -0.39 is 0 Å². The van der Waals surface area contributed by atoms with E-state index in [1.807, 2.05) is 24.3 Å². The number of hydrogen-bond donors (Lipinski definition) is 2. The Balaban J connectivity index is 1.73. The van der Waals surface area contributed by atoms with Gasteiger partial charge in [0.05, 0.1) is 6.04 Å². The smallest absolute Gasteiger partial charge is 0.322 e. The number of rotatable bonds is 2. The fourth-order valence-corrected chi connectivity index (χ4v) is 3.04. The Morgan fingerprint density at radius 2 is 2.21 bits per heavy atom. The predicted octanol–water partition coefficient (Wildman–Crippen LogP) is 1.12. The molecule has 0 aliphatic carbocycles. The molecule has 2 heterocycles. The molecule has 2 aliphatic heterocycles. The fourth-order valence-electron chi connectivity index (χ4n) is 3.04. The number of nitrogen functional groups attached to an aromatic ring is 1. The van der Waals surface area contributed by atoms with Crippen molar-refractivity contribution in [2.45, 2.75) is 12.5 Å². The molecule has 3 rings (SSSR count). The Bertz CT molecular complexity index is 490. The molecule has 5 heteroatoms. The summed E-state index contributed by atoms with van der Waals surface area (Å²) in [7, 11) is 2.13. The summed E-state index contributed by atoms with van der Waals surface area (Å²) >= 11 is 0. The van der Waals surface area contributed by atoms with Crippen molar-refractivity contribution in [2.24, 2.45) is 5.92 Å².